The molecule has 3 heterocycles. The number of urea groups is 1. The number of amides is 2. The average molecular weight is 353 g/mol. The molecule has 0 spiro atoms. The number of anilines is 2. The van der Waals surface area contributed by atoms with Crippen molar-refractivity contribution in [3.8, 4) is 0 Å². The van der Waals surface area contributed by atoms with Gasteiger partial charge in [-0.15, -0.1) is 0 Å². The number of nitrogens with one attached hydrogen (secondary N) is 1. The molecule has 2 aromatic rings. The van der Waals surface area contributed by atoms with Crippen LogP contribution in [0.5, 0.6) is 0 Å². The third-order valence-electron chi connectivity index (χ3n) is 4.98. The number of ether oxygens (including phenoxy) is 1. The van der Waals surface area contributed by atoms with Crippen LogP contribution >= 0.6 is 0 Å². The van der Waals surface area contributed by atoms with E-state index in [4.69, 9.17) is 4.74 Å². The van der Waals surface area contributed by atoms with Gasteiger partial charge in [0.1, 0.15) is 0 Å². The van der Waals surface area contributed by atoms with Crippen molar-refractivity contribution in [1.29, 1.82) is 0 Å². The second kappa shape index (κ2) is 6.92. The Hall–Kier alpha value is -2.67. The lowest BCUT2D eigenvalue weighted by molar-refractivity contribution is 0.122. The molecule has 2 aliphatic rings. The lowest BCUT2D eigenvalue weighted by atomic mass is 10.1. The third kappa shape index (κ3) is 3.35. The minimum atomic E-state index is -0.112. The van der Waals surface area contributed by atoms with Gasteiger partial charge >= 0.3 is 6.03 Å². The average Bonchev–Trinajstić information content (AvgIpc) is 3.09. The van der Waals surface area contributed by atoms with Crippen molar-refractivity contribution in [3.63, 3.8) is 0 Å². The van der Waals surface area contributed by atoms with Gasteiger partial charge in [-0.3, -0.25) is 0 Å². The van der Waals surface area contributed by atoms with E-state index in [1.165, 1.54) is 5.56 Å². The van der Waals surface area contributed by atoms with Crippen molar-refractivity contribution < 1.29 is 9.53 Å². The number of aryl methyl sites for hydroxylation is 2. The molecule has 1 N–H and O–H groups in total. The van der Waals surface area contributed by atoms with Crippen LogP contribution in [0.2, 0.25) is 0 Å². The predicted octanol–water partition coefficient (Wildman–Crippen LogP) is 2.48. The third-order valence-corrected chi connectivity index (χ3v) is 4.98. The number of carbonyl (C=O) groups is 1. The fraction of sp³-hybridized carbons (Fsp3) is 0.421. The standard InChI is InChI=1S/C19H23N5O2/c1-13-3-4-16(9-14(13)2)21-19(25)24-11-15-10-20-18(22-17(15)12-24)23-5-7-26-8-6-23/h3-4,9-10H,5-8,11-12H2,1-2H3,(H,21,25). The van der Waals surface area contributed by atoms with Gasteiger partial charge in [-0.2, -0.15) is 0 Å². The largest absolute Gasteiger partial charge is 0.378 e. The van der Waals surface area contributed by atoms with Gasteiger partial charge < -0.3 is 19.9 Å². The van der Waals surface area contributed by atoms with Gasteiger partial charge in [-0.25, -0.2) is 14.8 Å². The molecule has 1 aromatic heterocycles. The fourth-order valence-electron chi connectivity index (χ4n) is 3.22. The monoisotopic (exact) mass is 353 g/mol. The Morgan fingerprint density at radius 1 is 1.15 bits per heavy atom. The molecule has 7 nitrogen and oxygen atoms in total. The summed E-state index contributed by atoms with van der Waals surface area (Å²) in [7, 11) is 0. The Bertz CT molecular complexity index is 833. The van der Waals surface area contributed by atoms with E-state index in [9.17, 15) is 4.79 Å². The molecule has 0 radical (unpaired) electrons. The number of fused-ring (bicyclic) bond motifs is 1. The van der Waals surface area contributed by atoms with E-state index in [0.717, 1.165) is 41.5 Å². The molecule has 0 unspecified atom stereocenters. The van der Waals surface area contributed by atoms with Crippen molar-refractivity contribution in [2.24, 2.45) is 0 Å². The minimum absolute atomic E-state index is 0.112. The minimum Gasteiger partial charge on any atom is -0.378 e. The lowest BCUT2D eigenvalue weighted by Gasteiger charge is -2.26. The Labute approximate surface area is 153 Å². The Kier molecular flexibility index (Phi) is 4.46. The van der Waals surface area contributed by atoms with E-state index in [0.29, 0.717) is 26.3 Å². The van der Waals surface area contributed by atoms with Crippen LogP contribution in [0.4, 0.5) is 16.4 Å². The molecule has 1 fully saturated rings. The number of aromatic nitrogens is 2. The topological polar surface area (TPSA) is 70.6 Å². The summed E-state index contributed by atoms with van der Waals surface area (Å²) in [6.45, 7) is 8.14. The predicted molar refractivity (Wildman–Crippen MR) is 99.2 cm³/mol. The number of hydrogen-bond donors (Lipinski definition) is 1. The number of benzene rings is 1. The number of rotatable bonds is 2. The molecule has 136 valence electrons. The first-order valence-corrected chi connectivity index (χ1v) is 8.91. The van der Waals surface area contributed by atoms with Crippen LogP contribution < -0.4 is 10.2 Å². The zero-order chi connectivity index (χ0) is 18.1. The van der Waals surface area contributed by atoms with Crippen LogP contribution in [0, 0.1) is 13.8 Å². The summed E-state index contributed by atoms with van der Waals surface area (Å²) in [5.41, 5.74) is 5.12. The molecular formula is C19H23N5O2. The van der Waals surface area contributed by atoms with E-state index < -0.39 is 0 Å². The number of carbonyl (C=O) groups excluding carboxylic acids is 1. The molecule has 0 saturated carbocycles. The van der Waals surface area contributed by atoms with E-state index >= 15 is 0 Å². The lowest BCUT2D eigenvalue weighted by Crippen LogP contribution is -2.37. The molecule has 0 bridgehead atoms. The summed E-state index contributed by atoms with van der Waals surface area (Å²) in [4.78, 5) is 25.6. The molecule has 4 rings (SSSR count). The summed E-state index contributed by atoms with van der Waals surface area (Å²) < 4.78 is 5.38. The second-order valence-electron chi connectivity index (χ2n) is 6.83. The maximum absolute atomic E-state index is 12.6. The summed E-state index contributed by atoms with van der Waals surface area (Å²) in [6, 6.07) is 5.83. The van der Waals surface area contributed by atoms with E-state index in [-0.39, 0.29) is 6.03 Å². The number of nitrogens with zero attached hydrogens (tertiary/aromatic N) is 4. The highest BCUT2D eigenvalue weighted by Crippen LogP contribution is 2.24. The number of hydrogen-bond acceptors (Lipinski definition) is 5. The summed E-state index contributed by atoms with van der Waals surface area (Å²) in [5, 5.41) is 2.98. The smallest absolute Gasteiger partial charge is 0.322 e. The molecule has 7 heteroatoms. The fourth-order valence-corrected chi connectivity index (χ4v) is 3.22. The van der Waals surface area contributed by atoms with Crippen LogP contribution in [-0.4, -0.2) is 47.2 Å². The SMILES string of the molecule is Cc1ccc(NC(=O)N2Cc3cnc(N4CCOCC4)nc3C2)cc1C. The molecule has 0 atom stereocenters. The highest BCUT2D eigenvalue weighted by molar-refractivity contribution is 5.89. The molecule has 2 amide bonds. The quantitative estimate of drug-likeness (QED) is 0.898. The Balaban J connectivity index is 1.44. The van der Waals surface area contributed by atoms with Crippen molar-refractivity contribution in [2.75, 3.05) is 36.5 Å². The first-order chi connectivity index (χ1) is 12.6. The van der Waals surface area contributed by atoms with Crippen molar-refractivity contribution in [2.45, 2.75) is 26.9 Å². The van der Waals surface area contributed by atoms with Crippen LogP contribution in [0.1, 0.15) is 22.4 Å². The van der Waals surface area contributed by atoms with Gasteiger partial charge in [0.15, 0.2) is 0 Å². The van der Waals surface area contributed by atoms with Crippen LogP contribution in [0.15, 0.2) is 24.4 Å². The zero-order valence-electron chi connectivity index (χ0n) is 15.2. The first-order valence-electron chi connectivity index (χ1n) is 8.91. The van der Waals surface area contributed by atoms with Gasteiger partial charge in [-0.05, 0) is 37.1 Å². The van der Waals surface area contributed by atoms with Gasteiger partial charge in [0.2, 0.25) is 5.95 Å². The van der Waals surface area contributed by atoms with E-state index in [1.807, 2.05) is 31.3 Å². The Morgan fingerprint density at radius 2 is 1.96 bits per heavy atom. The highest BCUT2D eigenvalue weighted by Gasteiger charge is 2.26. The summed E-state index contributed by atoms with van der Waals surface area (Å²) in [6.07, 6.45) is 1.84. The van der Waals surface area contributed by atoms with Gasteiger partial charge in [0.05, 0.1) is 32.0 Å². The van der Waals surface area contributed by atoms with Gasteiger partial charge in [0.25, 0.3) is 0 Å². The van der Waals surface area contributed by atoms with Crippen molar-refractivity contribution >= 4 is 17.7 Å². The normalized spacial score (nSPS) is 16.5. The van der Waals surface area contributed by atoms with Crippen LogP contribution in [0.25, 0.3) is 0 Å². The van der Waals surface area contributed by atoms with Gasteiger partial charge in [0, 0.05) is 30.5 Å². The molecule has 1 aromatic carbocycles. The maximum atomic E-state index is 12.6. The van der Waals surface area contributed by atoms with E-state index in [1.54, 1.807) is 4.90 Å². The second-order valence-corrected chi connectivity index (χ2v) is 6.83. The van der Waals surface area contributed by atoms with Gasteiger partial charge in [-0.1, -0.05) is 6.07 Å². The molecule has 26 heavy (non-hydrogen) atoms. The molecule has 0 aliphatic carbocycles. The zero-order valence-corrected chi connectivity index (χ0v) is 15.2. The number of morpholine rings is 1. The van der Waals surface area contributed by atoms with Crippen LogP contribution in [0.3, 0.4) is 0 Å². The first kappa shape index (κ1) is 16.8. The summed E-state index contributed by atoms with van der Waals surface area (Å²) in [5.74, 6) is 0.725. The van der Waals surface area contributed by atoms with Crippen LogP contribution in [-0.2, 0) is 17.8 Å². The van der Waals surface area contributed by atoms with Crippen molar-refractivity contribution in [1.82, 2.24) is 14.9 Å². The molecule has 1 saturated heterocycles. The summed E-state index contributed by atoms with van der Waals surface area (Å²) >= 11 is 0. The van der Waals surface area contributed by atoms with E-state index in [2.05, 4.69) is 27.1 Å². The van der Waals surface area contributed by atoms with Crippen molar-refractivity contribution in [3.05, 3.63) is 46.8 Å². The molecular weight excluding hydrogens is 330 g/mol. The molecule has 2 aliphatic heterocycles. The Morgan fingerprint density at radius 3 is 2.73 bits per heavy atom. The highest BCUT2D eigenvalue weighted by atomic mass is 16.5. The maximum Gasteiger partial charge on any atom is 0.322 e.